The SMILES string of the molecule is NC1CCCC(C(=O)NCC(=O)N2CCCc3ccccc32)C1. The highest BCUT2D eigenvalue weighted by Gasteiger charge is 2.27. The maximum Gasteiger partial charge on any atom is 0.246 e. The minimum atomic E-state index is -0.0415. The fourth-order valence-electron chi connectivity index (χ4n) is 3.66. The number of carbonyl (C=O) groups excluding carboxylic acids is 2. The number of carbonyl (C=O) groups is 2. The predicted octanol–water partition coefficient (Wildman–Crippen LogP) is 1.60. The van der Waals surface area contributed by atoms with Crippen molar-refractivity contribution < 1.29 is 9.59 Å². The first-order valence-electron chi connectivity index (χ1n) is 8.56. The summed E-state index contributed by atoms with van der Waals surface area (Å²) in [5, 5.41) is 2.82. The Bertz CT molecular complexity index is 587. The van der Waals surface area contributed by atoms with Gasteiger partial charge in [-0.25, -0.2) is 0 Å². The van der Waals surface area contributed by atoms with Gasteiger partial charge in [-0.2, -0.15) is 0 Å². The number of aryl methyl sites for hydroxylation is 1. The van der Waals surface area contributed by atoms with Gasteiger partial charge in [0.25, 0.3) is 0 Å². The lowest BCUT2D eigenvalue weighted by atomic mass is 9.85. The molecule has 5 nitrogen and oxygen atoms in total. The van der Waals surface area contributed by atoms with Gasteiger partial charge in [0, 0.05) is 24.2 Å². The molecular weight excluding hydrogens is 290 g/mol. The Hall–Kier alpha value is -1.88. The van der Waals surface area contributed by atoms with E-state index in [1.807, 2.05) is 18.2 Å². The Morgan fingerprint density at radius 1 is 1.22 bits per heavy atom. The van der Waals surface area contributed by atoms with Crippen LogP contribution in [0.2, 0.25) is 0 Å². The van der Waals surface area contributed by atoms with Crippen molar-refractivity contribution >= 4 is 17.5 Å². The molecule has 0 saturated heterocycles. The van der Waals surface area contributed by atoms with Gasteiger partial charge < -0.3 is 16.0 Å². The molecule has 3 N–H and O–H groups in total. The summed E-state index contributed by atoms with van der Waals surface area (Å²) < 4.78 is 0. The van der Waals surface area contributed by atoms with Crippen molar-refractivity contribution in [3.05, 3.63) is 29.8 Å². The van der Waals surface area contributed by atoms with Crippen molar-refractivity contribution in [3.8, 4) is 0 Å². The highest BCUT2D eigenvalue weighted by molar-refractivity contribution is 5.97. The van der Waals surface area contributed by atoms with E-state index >= 15 is 0 Å². The van der Waals surface area contributed by atoms with Crippen LogP contribution in [0.5, 0.6) is 0 Å². The molecule has 1 aliphatic carbocycles. The number of fused-ring (bicyclic) bond motifs is 1. The van der Waals surface area contributed by atoms with Gasteiger partial charge in [0.2, 0.25) is 11.8 Å². The van der Waals surface area contributed by atoms with E-state index in [9.17, 15) is 9.59 Å². The molecule has 2 atom stereocenters. The molecule has 0 spiro atoms. The molecule has 0 radical (unpaired) electrons. The number of hydrogen-bond donors (Lipinski definition) is 2. The van der Waals surface area contributed by atoms with Crippen molar-refractivity contribution in [3.63, 3.8) is 0 Å². The summed E-state index contributed by atoms with van der Waals surface area (Å²) in [5.74, 6) is -0.107. The van der Waals surface area contributed by atoms with E-state index in [0.29, 0.717) is 0 Å². The molecule has 23 heavy (non-hydrogen) atoms. The zero-order valence-corrected chi connectivity index (χ0v) is 13.5. The fraction of sp³-hybridized carbons (Fsp3) is 0.556. The molecule has 3 rings (SSSR count). The summed E-state index contributed by atoms with van der Waals surface area (Å²) in [7, 11) is 0. The number of nitrogens with two attached hydrogens (primary N) is 1. The number of benzene rings is 1. The molecular formula is C18H25N3O2. The largest absolute Gasteiger partial charge is 0.347 e. The van der Waals surface area contributed by atoms with Gasteiger partial charge in [-0.15, -0.1) is 0 Å². The van der Waals surface area contributed by atoms with Gasteiger partial charge in [-0.1, -0.05) is 24.6 Å². The zero-order chi connectivity index (χ0) is 16.2. The second-order valence-corrected chi connectivity index (χ2v) is 6.62. The van der Waals surface area contributed by atoms with Crippen molar-refractivity contribution in [2.24, 2.45) is 11.7 Å². The second kappa shape index (κ2) is 7.13. The third kappa shape index (κ3) is 3.72. The number of rotatable bonds is 3. The van der Waals surface area contributed by atoms with Gasteiger partial charge in [0.1, 0.15) is 0 Å². The molecule has 1 aromatic rings. The lowest BCUT2D eigenvalue weighted by molar-refractivity contribution is -0.128. The Labute approximate surface area is 137 Å². The van der Waals surface area contributed by atoms with Gasteiger partial charge in [-0.3, -0.25) is 9.59 Å². The first-order valence-corrected chi connectivity index (χ1v) is 8.56. The first-order chi connectivity index (χ1) is 11.1. The highest BCUT2D eigenvalue weighted by atomic mass is 16.2. The van der Waals surface area contributed by atoms with Crippen molar-refractivity contribution in [1.82, 2.24) is 5.32 Å². The summed E-state index contributed by atoms with van der Waals surface area (Å²) in [6, 6.07) is 8.11. The lowest BCUT2D eigenvalue weighted by Crippen LogP contribution is -2.45. The molecule has 1 aromatic carbocycles. The monoisotopic (exact) mass is 315 g/mol. The Balaban J connectivity index is 1.57. The molecule has 5 heteroatoms. The maximum absolute atomic E-state index is 12.5. The van der Waals surface area contributed by atoms with Crippen LogP contribution in [0.4, 0.5) is 5.69 Å². The van der Waals surface area contributed by atoms with Crippen molar-refractivity contribution in [1.29, 1.82) is 0 Å². The molecule has 0 aromatic heterocycles. The number of para-hydroxylation sites is 1. The summed E-state index contributed by atoms with van der Waals surface area (Å²) in [6.07, 6.45) is 5.56. The standard InChI is InChI=1S/C18H25N3O2/c19-15-8-3-6-14(11-15)18(23)20-12-17(22)21-10-4-7-13-5-1-2-9-16(13)21/h1-2,5,9,14-15H,3-4,6-8,10-12,19H2,(H,20,23). The zero-order valence-electron chi connectivity index (χ0n) is 13.5. The smallest absolute Gasteiger partial charge is 0.246 e. The van der Waals surface area contributed by atoms with E-state index in [-0.39, 0.29) is 30.3 Å². The van der Waals surface area contributed by atoms with E-state index in [4.69, 9.17) is 5.73 Å². The minimum absolute atomic E-state index is 0.0289. The van der Waals surface area contributed by atoms with E-state index in [2.05, 4.69) is 11.4 Å². The summed E-state index contributed by atoms with van der Waals surface area (Å²) in [5.41, 5.74) is 8.12. The number of amides is 2. The molecule has 1 saturated carbocycles. The van der Waals surface area contributed by atoms with Crippen LogP contribution in [0.1, 0.15) is 37.7 Å². The minimum Gasteiger partial charge on any atom is -0.347 e. The van der Waals surface area contributed by atoms with Crippen LogP contribution in [0.15, 0.2) is 24.3 Å². The lowest BCUT2D eigenvalue weighted by Gasteiger charge is -2.30. The molecule has 2 unspecified atom stereocenters. The van der Waals surface area contributed by atoms with Crippen LogP contribution in [-0.4, -0.2) is 30.9 Å². The van der Waals surface area contributed by atoms with Crippen LogP contribution in [0.3, 0.4) is 0 Å². The Morgan fingerprint density at radius 3 is 2.87 bits per heavy atom. The van der Waals surface area contributed by atoms with Crippen LogP contribution >= 0.6 is 0 Å². The van der Waals surface area contributed by atoms with Crippen molar-refractivity contribution in [2.45, 2.75) is 44.6 Å². The Morgan fingerprint density at radius 2 is 2.04 bits per heavy atom. The fourth-order valence-corrected chi connectivity index (χ4v) is 3.66. The molecule has 0 bridgehead atoms. The summed E-state index contributed by atoms with van der Waals surface area (Å²) in [4.78, 5) is 26.5. The van der Waals surface area contributed by atoms with E-state index < -0.39 is 0 Å². The topological polar surface area (TPSA) is 75.4 Å². The van der Waals surface area contributed by atoms with Crippen LogP contribution in [0, 0.1) is 5.92 Å². The Kier molecular flexibility index (Phi) is 4.96. The molecule has 1 fully saturated rings. The van der Waals surface area contributed by atoms with Crippen LogP contribution < -0.4 is 16.0 Å². The van der Waals surface area contributed by atoms with Crippen molar-refractivity contribution in [2.75, 3.05) is 18.0 Å². The van der Waals surface area contributed by atoms with Gasteiger partial charge in [0.15, 0.2) is 0 Å². The van der Waals surface area contributed by atoms with E-state index in [1.165, 1.54) is 5.56 Å². The van der Waals surface area contributed by atoms with Crippen LogP contribution in [-0.2, 0) is 16.0 Å². The molecule has 1 aliphatic heterocycles. The predicted molar refractivity (Wildman–Crippen MR) is 90.1 cm³/mol. The second-order valence-electron chi connectivity index (χ2n) is 6.62. The number of nitrogens with one attached hydrogen (secondary N) is 1. The molecule has 1 heterocycles. The quantitative estimate of drug-likeness (QED) is 0.889. The van der Waals surface area contributed by atoms with Crippen LogP contribution in [0.25, 0.3) is 0 Å². The van der Waals surface area contributed by atoms with E-state index in [0.717, 1.165) is 50.8 Å². The molecule has 2 aliphatic rings. The number of hydrogen-bond acceptors (Lipinski definition) is 3. The van der Waals surface area contributed by atoms with Gasteiger partial charge in [-0.05, 0) is 43.7 Å². The third-order valence-electron chi connectivity index (χ3n) is 4.91. The van der Waals surface area contributed by atoms with Gasteiger partial charge >= 0.3 is 0 Å². The first kappa shape index (κ1) is 16.0. The average Bonchev–Trinajstić information content (AvgIpc) is 2.59. The van der Waals surface area contributed by atoms with E-state index in [1.54, 1.807) is 4.90 Å². The average molecular weight is 315 g/mol. The summed E-state index contributed by atoms with van der Waals surface area (Å²) in [6.45, 7) is 0.791. The highest BCUT2D eigenvalue weighted by Crippen LogP contribution is 2.27. The maximum atomic E-state index is 12.5. The molecule has 2 amide bonds. The normalized spacial score (nSPS) is 24.0. The summed E-state index contributed by atoms with van der Waals surface area (Å²) >= 11 is 0. The number of nitrogens with zero attached hydrogens (tertiary/aromatic N) is 1. The van der Waals surface area contributed by atoms with Gasteiger partial charge in [0.05, 0.1) is 6.54 Å². The number of anilines is 1. The molecule has 124 valence electrons. The third-order valence-corrected chi connectivity index (χ3v) is 4.91.